The molecule has 1 aliphatic rings. The minimum Gasteiger partial charge on any atom is -0.468 e. The Morgan fingerprint density at radius 1 is 1.26 bits per heavy atom. The molecule has 8 heteroatoms. The number of urea groups is 2. The second-order valence-electron chi connectivity index (χ2n) is 4.24. The monoisotopic (exact) mass is 288 g/mol. The molecule has 0 bridgehead atoms. The average Bonchev–Trinajstić information content (AvgIpc) is 2.40. The van der Waals surface area contributed by atoms with Gasteiger partial charge in [-0.1, -0.05) is 31.2 Å². The number of carbonyl (C=O) groups is 2. The van der Waals surface area contributed by atoms with E-state index in [-0.39, 0.29) is 6.04 Å². The quantitative estimate of drug-likeness (QED) is 0.411. The minimum atomic E-state index is -0.687. The topological polar surface area (TPSA) is 94.5 Å². The maximum atomic E-state index is 12.1. The molecule has 0 saturated heterocycles. The van der Waals surface area contributed by atoms with Crippen LogP contribution in [0.4, 0.5) is 9.59 Å². The number of rotatable bonds is 2. The van der Waals surface area contributed by atoms with Crippen molar-refractivity contribution in [3.63, 3.8) is 0 Å². The summed E-state index contributed by atoms with van der Waals surface area (Å²) in [5.41, 5.74) is 0. The van der Waals surface area contributed by atoms with Crippen LogP contribution in [0.5, 0.6) is 0 Å². The van der Waals surface area contributed by atoms with Gasteiger partial charge in [-0.2, -0.15) is 4.90 Å². The molecule has 0 spiro atoms. The summed E-state index contributed by atoms with van der Waals surface area (Å²) in [5.74, 6) is 0. The fraction of sp³-hybridized carbons (Fsp3) is 0.727. The van der Waals surface area contributed by atoms with Gasteiger partial charge in [-0.15, -0.1) is 0 Å². The molecule has 0 radical (unpaired) electrons. The highest BCUT2D eigenvalue weighted by atomic mass is 32.2. The van der Waals surface area contributed by atoms with Crippen molar-refractivity contribution in [2.75, 3.05) is 13.4 Å². The van der Waals surface area contributed by atoms with E-state index in [9.17, 15) is 9.59 Å². The maximum absolute atomic E-state index is 12.1. The van der Waals surface area contributed by atoms with E-state index in [1.54, 1.807) is 6.26 Å². The molecule has 108 valence electrons. The molecule has 1 fully saturated rings. The van der Waals surface area contributed by atoms with Crippen LogP contribution in [-0.2, 0) is 4.74 Å². The van der Waals surface area contributed by atoms with Crippen LogP contribution in [0, 0.1) is 5.41 Å². The number of imide groups is 1. The van der Waals surface area contributed by atoms with Crippen molar-refractivity contribution >= 4 is 30.0 Å². The van der Waals surface area contributed by atoms with Crippen molar-refractivity contribution in [2.24, 2.45) is 0 Å². The summed E-state index contributed by atoms with van der Waals surface area (Å²) in [6, 6.07) is -1.74. The number of ether oxygens (including phenoxy) is 1. The lowest BCUT2D eigenvalue weighted by atomic mass is 9.96. The molecule has 1 rings (SSSR count). The van der Waals surface area contributed by atoms with Gasteiger partial charge in [0, 0.05) is 12.3 Å². The lowest BCUT2D eigenvalue weighted by Crippen LogP contribution is -2.53. The Bertz CT molecular complexity index is 345. The summed E-state index contributed by atoms with van der Waals surface area (Å²) in [5, 5.41) is 10.3. The Hall–Kier alpha value is -1.44. The number of methoxy groups -OCH3 is 1. The van der Waals surface area contributed by atoms with Gasteiger partial charge in [0.2, 0.25) is 0 Å². The summed E-state index contributed by atoms with van der Waals surface area (Å²) in [6.07, 6.45) is 6.80. The Morgan fingerprint density at radius 3 is 2.42 bits per heavy atom. The van der Waals surface area contributed by atoms with Gasteiger partial charge in [0.15, 0.2) is 0 Å². The van der Waals surface area contributed by atoms with Gasteiger partial charge in [0.1, 0.15) is 0 Å². The van der Waals surface area contributed by atoms with Crippen LogP contribution in [0.15, 0.2) is 0 Å². The molecular formula is C11H20N4O3S. The first-order chi connectivity index (χ1) is 9.10. The van der Waals surface area contributed by atoms with Gasteiger partial charge in [0.25, 0.3) is 0 Å². The largest absolute Gasteiger partial charge is 0.468 e. The van der Waals surface area contributed by atoms with E-state index in [1.165, 1.54) is 13.5 Å². The molecule has 0 unspecified atom stereocenters. The van der Waals surface area contributed by atoms with E-state index in [1.807, 2.05) is 0 Å². The number of nitrogens with one attached hydrogen (secondary N) is 3. The molecule has 3 N–H and O–H groups in total. The van der Waals surface area contributed by atoms with E-state index in [2.05, 4.69) is 14.8 Å². The van der Waals surface area contributed by atoms with Crippen LogP contribution in [0.2, 0.25) is 0 Å². The standard InChI is InChI=1S/C11H20N4O3S/c1-18-9(12)15(11(17)14-19-2)10(16)13-8-6-4-3-5-7-8/h8,12H,3-7H2,1-2H3,(H,13,16)(H,14,17). The number of carbonyl (C=O) groups excluding carboxylic acids is 2. The Kier molecular flexibility index (Phi) is 6.48. The third kappa shape index (κ3) is 4.62. The first kappa shape index (κ1) is 15.6. The van der Waals surface area contributed by atoms with Crippen molar-refractivity contribution in [2.45, 2.75) is 38.1 Å². The lowest BCUT2D eigenvalue weighted by molar-refractivity contribution is 0.193. The predicted molar refractivity (Wildman–Crippen MR) is 74.0 cm³/mol. The van der Waals surface area contributed by atoms with Crippen LogP contribution in [0.1, 0.15) is 32.1 Å². The van der Waals surface area contributed by atoms with Crippen molar-refractivity contribution < 1.29 is 14.3 Å². The molecule has 4 amide bonds. The third-order valence-electron chi connectivity index (χ3n) is 2.92. The van der Waals surface area contributed by atoms with Gasteiger partial charge in [-0.25, -0.2) is 9.59 Å². The van der Waals surface area contributed by atoms with Gasteiger partial charge in [0.05, 0.1) is 7.11 Å². The van der Waals surface area contributed by atoms with Crippen molar-refractivity contribution in [3.8, 4) is 0 Å². The average molecular weight is 288 g/mol. The third-order valence-corrected chi connectivity index (χ3v) is 3.30. The number of hydrogen-bond donors (Lipinski definition) is 3. The minimum absolute atomic E-state index is 0.0653. The molecular weight excluding hydrogens is 268 g/mol. The molecule has 1 aliphatic carbocycles. The molecule has 0 aromatic rings. The summed E-state index contributed by atoms with van der Waals surface area (Å²) in [6.45, 7) is 0. The zero-order chi connectivity index (χ0) is 14.3. The van der Waals surface area contributed by atoms with Gasteiger partial charge in [-0.3, -0.25) is 10.1 Å². The lowest BCUT2D eigenvalue weighted by Gasteiger charge is -2.26. The molecule has 1 saturated carbocycles. The highest BCUT2D eigenvalue weighted by molar-refractivity contribution is 7.97. The van der Waals surface area contributed by atoms with Crippen molar-refractivity contribution in [1.29, 1.82) is 5.41 Å². The van der Waals surface area contributed by atoms with Gasteiger partial charge in [-0.05, 0) is 12.8 Å². The number of amidine groups is 1. The highest BCUT2D eigenvalue weighted by Crippen LogP contribution is 2.17. The summed E-state index contributed by atoms with van der Waals surface area (Å²) in [4.78, 5) is 24.4. The van der Waals surface area contributed by atoms with Crippen LogP contribution < -0.4 is 10.0 Å². The Morgan fingerprint density at radius 2 is 1.89 bits per heavy atom. The van der Waals surface area contributed by atoms with Crippen LogP contribution in [-0.4, -0.2) is 42.4 Å². The predicted octanol–water partition coefficient (Wildman–Crippen LogP) is 1.90. The normalized spacial score (nSPS) is 15.5. The molecule has 0 aromatic heterocycles. The van der Waals surface area contributed by atoms with Crippen LogP contribution >= 0.6 is 11.9 Å². The zero-order valence-corrected chi connectivity index (χ0v) is 12.0. The fourth-order valence-electron chi connectivity index (χ4n) is 1.99. The van der Waals surface area contributed by atoms with Crippen LogP contribution in [0.3, 0.4) is 0 Å². The zero-order valence-electron chi connectivity index (χ0n) is 11.2. The second-order valence-corrected chi connectivity index (χ2v) is 4.85. The van der Waals surface area contributed by atoms with E-state index < -0.39 is 18.1 Å². The van der Waals surface area contributed by atoms with E-state index in [0.717, 1.165) is 37.6 Å². The maximum Gasteiger partial charge on any atom is 0.343 e. The molecule has 0 aromatic carbocycles. The van der Waals surface area contributed by atoms with Gasteiger partial charge >= 0.3 is 18.1 Å². The molecule has 0 aliphatic heterocycles. The fourth-order valence-corrected chi connectivity index (χ4v) is 2.25. The summed E-state index contributed by atoms with van der Waals surface area (Å²) >= 11 is 1.06. The van der Waals surface area contributed by atoms with Gasteiger partial charge < -0.3 is 10.1 Å². The summed E-state index contributed by atoms with van der Waals surface area (Å²) < 4.78 is 7.07. The molecule has 0 atom stereocenters. The summed E-state index contributed by atoms with van der Waals surface area (Å²) in [7, 11) is 1.25. The number of amides is 4. The SMILES string of the molecule is COC(=N)N(C(=O)NSC)C(=O)NC1CCCCC1. The van der Waals surface area contributed by atoms with E-state index in [0.29, 0.717) is 4.90 Å². The van der Waals surface area contributed by atoms with Crippen molar-refractivity contribution in [1.82, 2.24) is 14.9 Å². The second kappa shape index (κ2) is 7.88. The van der Waals surface area contributed by atoms with Crippen molar-refractivity contribution in [3.05, 3.63) is 0 Å². The number of hydrogen-bond acceptors (Lipinski definition) is 5. The van der Waals surface area contributed by atoms with Crippen LogP contribution in [0.25, 0.3) is 0 Å². The molecule has 0 heterocycles. The first-order valence-corrected chi connectivity index (χ1v) is 7.38. The molecule has 19 heavy (non-hydrogen) atoms. The smallest absolute Gasteiger partial charge is 0.343 e. The Labute approximate surface area is 117 Å². The van der Waals surface area contributed by atoms with E-state index in [4.69, 9.17) is 5.41 Å². The van der Waals surface area contributed by atoms with E-state index >= 15 is 0 Å². The highest BCUT2D eigenvalue weighted by Gasteiger charge is 2.29. The number of nitrogens with zero attached hydrogens (tertiary/aromatic N) is 1. The molecule has 7 nitrogen and oxygen atoms in total. The Balaban J connectivity index is 2.64. The first-order valence-electron chi connectivity index (χ1n) is 6.16.